The molecule has 116 valence electrons. The standard InChI is InChI=1S/C18H27NOS/c1-19-18-16-11-5-4-9-15(16)10-6-12-17(18)21(20)13-14-7-2-3-8-14/h4-5,9,11,14,17-19H,2-3,6-8,10,12-13H2,1H3. The number of hydrogen-bond donors (Lipinski definition) is 1. The first-order valence-corrected chi connectivity index (χ1v) is 9.80. The third-order valence-corrected chi connectivity index (χ3v) is 7.20. The molecule has 3 unspecified atom stereocenters. The smallest absolute Gasteiger partial charge is 0.0543 e. The molecular weight excluding hydrogens is 278 g/mol. The summed E-state index contributed by atoms with van der Waals surface area (Å²) in [6.45, 7) is 0. The first kappa shape index (κ1) is 15.2. The van der Waals surface area contributed by atoms with E-state index in [1.807, 2.05) is 7.05 Å². The molecule has 1 aromatic carbocycles. The average molecular weight is 305 g/mol. The summed E-state index contributed by atoms with van der Waals surface area (Å²) in [6.07, 6.45) is 8.63. The normalized spacial score (nSPS) is 28.0. The fourth-order valence-electron chi connectivity index (χ4n) is 4.08. The highest BCUT2D eigenvalue weighted by molar-refractivity contribution is 7.85. The summed E-state index contributed by atoms with van der Waals surface area (Å²) in [4.78, 5) is 0. The molecule has 1 saturated carbocycles. The van der Waals surface area contributed by atoms with E-state index in [1.165, 1.54) is 36.8 Å². The van der Waals surface area contributed by atoms with Crippen LogP contribution in [-0.4, -0.2) is 22.3 Å². The Bertz CT molecular complexity index is 496. The third kappa shape index (κ3) is 3.40. The van der Waals surface area contributed by atoms with Gasteiger partial charge >= 0.3 is 0 Å². The monoisotopic (exact) mass is 305 g/mol. The molecule has 0 amide bonds. The van der Waals surface area contributed by atoms with Crippen LogP contribution in [0.3, 0.4) is 0 Å². The lowest BCUT2D eigenvalue weighted by Gasteiger charge is -2.26. The number of rotatable bonds is 4. The lowest BCUT2D eigenvalue weighted by atomic mass is 9.99. The summed E-state index contributed by atoms with van der Waals surface area (Å²) in [5.41, 5.74) is 2.82. The predicted molar refractivity (Wildman–Crippen MR) is 89.9 cm³/mol. The molecule has 1 aromatic rings. The van der Waals surface area contributed by atoms with E-state index in [1.54, 1.807) is 0 Å². The lowest BCUT2D eigenvalue weighted by Crippen LogP contribution is -2.34. The highest BCUT2D eigenvalue weighted by atomic mass is 32.2. The minimum absolute atomic E-state index is 0.255. The van der Waals surface area contributed by atoms with E-state index in [-0.39, 0.29) is 11.3 Å². The Kier molecular flexibility index (Phi) is 5.12. The third-order valence-electron chi connectivity index (χ3n) is 5.22. The Hall–Kier alpha value is -0.670. The van der Waals surface area contributed by atoms with Gasteiger partial charge in [0.1, 0.15) is 0 Å². The van der Waals surface area contributed by atoms with E-state index >= 15 is 0 Å². The van der Waals surface area contributed by atoms with Crippen LogP contribution in [0.25, 0.3) is 0 Å². The molecule has 3 heteroatoms. The van der Waals surface area contributed by atoms with Crippen LogP contribution in [0.15, 0.2) is 24.3 Å². The summed E-state index contributed by atoms with van der Waals surface area (Å²) in [7, 11) is 1.31. The van der Waals surface area contributed by atoms with Crippen molar-refractivity contribution in [3.63, 3.8) is 0 Å². The molecule has 2 aliphatic carbocycles. The van der Waals surface area contributed by atoms with Gasteiger partial charge in [0.15, 0.2) is 0 Å². The van der Waals surface area contributed by atoms with Gasteiger partial charge in [-0.15, -0.1) is 0 Å². The van der Waals surface area contributed by atoms with Gasteiger partial charge in [-0.2, -0.15) is 0 Å². The summed E-state index contributed by atoms with van der Waals surface area (Å²) in [6, 6.07) is 8.96. The molecule has 0 bridgehead atoms. The van der Waals surface area contributed by atoms with Gasteiger partial charge in [0.2, 0.25) is 0 Å². The number of hydrogen-bond acceptors (Lipinski definition) is 2. The molecule has 2 nitrogen and oxygen atoms in total. The molecule has 0 aromatic heterocycles. The van der Waals surface area contributed by atoms with Crippen LogP contribution >= 0.6 is 0 Å². The highest BCUT2D eigenvalue weighted by Crippen LogP contribution is 2.34. The van der Waals surface area contributed by atoms with Crippen molar-refractivity contribution in [1.82, 2.24) is 5.32 Å². The largest absolute Gasteiger partial charge is 0.312 e. The van der Waals surface area contributed by atoms with Crippen LogP contribution in [0, 0.1) is 5.92 Å². The van der Waals surface area contributed by atoms with Gasteiger partial charge in [0.05, 0.1) is 5.25 Å². The Morgan fingerprint density at radius 1 is 1.14 bits per heavy atom. The number of aryl methyl sites for hydroxylation is 1. The number of benzene rings is 1. The Labute approximate surface area is 131 Å². The van der Waals surface area contributed by atoms with Crippen molar-refractivity contribution in [2.75, 3.05) is 12.8 Å². The summed E-state index contributed by atoms with van der Waals surface area (Å²) >= 11 is 0. The molecule has 1 N–H and O–H groups in total. The second-order valence-electron chi connectivity index (χ2n) is 6.59. The fourth-order valence-corrected chi connectivity index (χ4v) is 6.14. The van der Waals surface area contributed by atoms with Gasteiger partial charge in [0, 0.05) is 22.6 Å². The van der Waals surface area contributed by atoms with E-state index in [0.29, 0.717) is 5.92 Å². The van der Waals surface area contributed by atoms with Gasteiger partial charge in [-0.1, -0.05) is 37.1 Å². The Morgan fingerprint density at radius 3 is 2.67 bits per heavy atom. The molecule has 0 saturated heterocycles. The van der Waals surface area contributed by atoms with Crippen LogP contribution in [0.4, 0.5) is 0 Å². The van der Waals surface area contributed by atoms with Crippen molar-refractivity contribution in [2.24, 2.45) is 5.92 Å². The van der Waals surface area contributed by atoms with Crippen LogP contribution < -0.4 is 5.32 Å². The molecule has 0 aliphatic heterocycles. The lowest BCUT2D eigenvalue weighted by molar-refractivity contribution is 0.523. The molecule has 0 spiro atoms. The van der Waals surface area contributed by atoms with Crippen molar-refractivity contribution in [2.45, 2.75) is 56.2 Å². The molecule has 2 aliphatic rings. The van der Waals surface area contributed by atoms with Crippen molar-refractivity contribution in [3.8, 4) is 0 Å². The van der Waals surface area contributed by atoms with Gasteiger partial charge in [-0.3, -0.25) is 4.21 Å². The van der Waals surface area contributed by atoms with E-state index in [9.17, 15) is 4.21 Å². The maximum Gasteiger partial charge on any atom is 0.0543 e. The van der Waals surface area contributed by atoms with Crippen molar-refractivity contribution < 1.29 is 4.21 Å². The zero-order valence-corrected chi connectivity index (χ0v) is 13.8. The molecule has 0 heterocycles. The topological polar surface area (TPSA) is 29.1 Å². The van der Waals surface area contributed by atoms with Crippen LogP contribution in [0.1, 0.15) is 55.7 Å². The Balaban J connectivity index is 1.78. The fraction of sp³-hybridized carbons (Fsp3) is 0.667. The first-order chi connectivity index (χ1) is 10.3. The second kappa shape index (κ2) is 7.06. The van der Waals surface area contributed by atoms with E-state index in [4.69, 9.17) is 0 Å². The Morgan fingerprint density at radius 2 is 1.90 bits per heavy atom. The molecule has 3 atom stereocenters. The van der Waals surface area contributed by atoms with E-state index in [2.05, 4.69) is 29.6 Å². The van der Waals surface area contributed by atoms with E-state index < -0.39 is 10.8 Å². The van der Waals surface area contributed by atoms with Gasteiger partial charge < -0.3 is 5.32 Å². The summed E-state index contributed by atoms with van der Waals surface area (Å²) in [5.74, 6) is 1.63. The van der Waals surface area contributed by atoms with Gasteiger partial charge in [-0.25, -0.2) is 0 Å². The average Bonchev–Trinajstić information content (AvgIpc) is 2.92. The maximum atomic E-state index is 13.0. The molecule has 0 radical (unpaired) electrons. The van der Waals surface area contributed by atoms with Gasteiger partial charge in [-0.05, 0) is 56.2 Å². The quantitative estimate of drug-likeness (QED) is 0.861. The van der Waals surface area contributed by atoms with Crippen LogP contribution in [-0.2, 0) is 17.2 Å². The molecular formula is C18H27NOS. The zero-order valence-electron chi connectivity index (χ0n) is 13.0. The highest BCUT2D eigenvalue weighted by Gasteiger charge is 2.32. The minimum atomic E-state index is -0.707. The predicted octanol–water partition coefficient (Wildman–Crippen LogP) is 3.59. The van der Waals surface area contributed by atoms with Crippen molar-refractivity contribution in [1.29, 1.82) is 0 Å². The van der Waals surface area contributed by atoms with Crippen molar-refractivity contribution >= 4 is 10.8 Å². The van der Waals surface area contributed by atoms with Gasteiger partial charge in [0.25, 0.3) is 0 Å². The number of nitrogens with one attached hydrogen (secondary N) is 1. The maximum absolute atomic E-state index is 13.0. The molecule has 1 fully saturated rings. The summed E-state index contributed by atoms with van der Waals surface area (Å²) in [5, 5.41) is 3.74. The van der Waals surface area contributed by atoms with Crippen LogP contribution in [0.2, 0.25) is 0 Å². The van der Waals surface area contributed by atoms with Crippen LogP contribution in [0.5, 0.6) is 0 Å². The molecule has 3 rings (SSSR count). The SMILES string of the molecule is CNC1c2ccccc2CCCC1S(=O)CC1CCCC1. The minimum Gasteiger partial charge on any atom is -0.312 e. The van der Waals surface area contributed by atoms with E-state index in [0.717, 1.165) is 25.0 Å². The molecule has 21 heavy (non-hydrogen) atoms. The number of fused-ring (bicyclic) bond motifs is 1. The summed E-state index contributed by atoms with van der Waals surface area (Å²) < 4.78 is 13.0. The zero-order chi connectivity index (χ0) is 14.7. The second-order valence-corrected chi connectivity index (χ2v) is 8.29. The van der Waals surface area contributed by atoms with Crippen molar-refractivity contribution in [3.05, 3.63) is 35.4 Å². The first-order valence-electron chi connectivity index (χ1n) is 8.42.